The third-order valence-electron chi connectivity index (χ3n) is 3.24. The van der Waals surface area contributed by atoms with Gasteiger partial charge in [-0.1, -0.05) is 11.6 Å². The van der Waals surface area contributed by atoms with Crippen LogP contribution in [0.2, 0.25) is 0 Å². The molecule has 0 amide bonds. The summed E-state index contributed by atoms with van der Waals surface area (Å²) in [4.78, 5) is 9.38. The Morgan fingerprint density at radius 2 is 2.44 bits per heavy atom. The standard InChI is InChI=1S/C12H16N4OS/c1-2-6-14-9(3-1)4-5-11-15-12(16-17-11)10-7-13-8-18-10/h7-9,14H,1-6H2. The van der Waals surface area contributed by atoms with Gasteiger partial charge in [0, 0.05) is 18.7 Å². The zero-order valence-corrected chi connectivity index (χ0v) is 10.9. The maximum Gasteiger partial charge on any atom is 0.227 e. The number of thiazole rings is 1. The third-order valence-corrected chi connectivity index (χ3v) is 4.01. The van der Waals surface area contributed by atoms with Gasteiger partial charge in [0.15, 0.2) is 0 Å². The minimum Gasteiger partial charge on any atom is -0.339 e. The van der Waals surface area contributed by atoms with Crippen LogP contribution in [-0.4, -0.2) is 27.7 Å². The first-order valence-corrected chi connectivity index (χ1v) is 7.24. The third kappa shape index (κ3) is 2.76. The van der Waals surface area contributed by atoms with Gasteiger partial charge in [0.05, 0.1) is 10.4 Å². The van der Waals surface area contributed by atoms with Gasteiger partial charge in [-0.3, -0.25) is 4.98 Å². The molecule has 0 aliphatic carbocycles. The van der Waals surface area contributed by atoms with Gasteiger partial charge in [-0.15, -0.1) is 11.3 Å². The first-order chi connectivity index (χ1) is 8.92. The van der Waals surface area contributed by atoms with Crippen LogP contribution in [0, 0.1) is 0 Å². The number of hydrogen-bond acceptors (Lipinski definition) is 6. The number of aromatic nitrogens is 3. The fourth-order valence-electron chi connectivity index (χ4n) is 2.25. The van der Waals surface area contributed by atoms with Crippen molar-refractivity contribution in [1.82, 2.24) is 20.4 Å². The van der Waals surface area contributed by atoms with Crippen LogP contribution < -0.4 is 5.32 Å². The molecule has 18 heavy (non-hydrogen) atoms. The van der Waals surface area contributed by atoms with Crippen molar-refractivity contribution in [2.24, 2.45) is 0 Å². The largest absolute Gasteiger partial charge is 0.339 e. The van der Waals surface area contributed by atoms with Gasteiger partial charge in [0.2, 0.25) is 11.7 Å². The van der Waals surface area contributed by atoms with Gasteiger partial charge in [-0.25, -0.2) is 0 Å². The van der Waals surface area contributed by atoms with Crippen molar-refractivity contribution in [2.45, 2.75) is 38.1 Å². The Hall–Kier alpha value is -1.27. The summed E-state index contributed by atoms with van der Waals surface area (Å²) in [5, 5.41) is 7.51. The van der Waals surface area contributed by atoms with Crippen LogP contribution in [0.4, 0.5) is 0 Å². The molecule has 1 N–H and O–H groups in total. The Bertz CT molecular complexity index is 476. The molecule has 1 atom stereocenters. The second-order valence-electron chi connectivity index (χ2n) is 4.56. The topological polar surface area (TPSA) is 63.8 Å². The molecule has 1 aliphatic rings. The van der Waals surface area contributed by atoms with Crippen molar-refractivity contribution in [3.63, 3.8) is 0 Å². The first-order valence-electron chi connectivity index (χ1n) is 6.36. The smallest absolute Gasteiger partial charge is 0.227 e. The van der Waals surface area contributed by atoms with Gasteiger partial charge in [-0.2, -0.15) is 4.98 Å². The molecule has 1 unspecified atom stereocenters. The summed E-state index contributed by atoms with van der Waals surface area (Å²) in [5.41, 5.74) is 1.78. The second kappa shape index (κ2) is 5.58. The van der Waals surface area contributed by atoms with E-state index in [0.29, 0.717) is 11.9 Å². The van der Waals surface area contributed by atoms with E-state index in [1.165, 1.54) is 30.6 Å². The normalized spacial score (nSPS) is 20.1. The van der Waals surface area contributed by atoms with Crippen molar-refractivity contribution < 1.29 is 4.52 Å². The summed E-state index contributed by atoms with van der Waals surface area (Å²) in [5.74, 6) is 1.38. The zero-order chi connectivity index (χ0) is 12.2. The van der Waals surface area contributed by atoms with Crippen LogP contribution in [-0.2, 0) is 6.42 Å². The maximum absolute atomic E-state index is 5.27. The highest BCUT2D eigenvalue weighted by atomic mass is 32.1. The Morgan fingerprint density at radius 3 is 3.22 bits per heavy atom. The lowest BCUT2D eigenvalue weighted by Crippen LogP contribution is -2.34. The van der Waals surface area contributed by atoms with Gasteiger partial charge in [0.1, 0.15) is 0 Å². The quantitative estimate of drug-likeness (QED) is 0.917. The number of aryl methyl sites for hydroxylation is 1. The lowest BCUT2D eigenvalue weighted by Gasteiger charge is -2.22. The summed E-state index contributed by atoms with van der Waals surface area (Å²) < 4.78 is 5.27. The predicted molar refractivity (Wildman–Crippen MR) is 69.4 cm³/mol. The minimum atomic E-state index is 0.609. The Morgan fingerprint density at radius 1 is 1.44 bits per heavy atom. The fraction of sp³-hybridized carbons (Fsp3) is 0.583. The average molecular weight is 264 g/mol. The molecule has 1 saturated heterocycles. The van der Waals surface area contributed by atoms with E-state index in [1.807, 2.05) is 0 Å². The van der Waals surface area contributed by atoms with Crippen molar-refractivity contribution in [1.29, 1.82) is 0 Å². The maximum atomic E-state index is 5.27. The molecule has 3 rings (SSSR count). The molecule has 1 aliphatic heterocycles. The van der Waals surface area contributed by atoms with Crippen LogP contribution in [0.15, 0.2) is 16.2 Å². The van der Waals surface area contributed by atoms with Gasteiger partial charge in [0.25, 0.3) is 0 Å². The minimum absolute atomic E-state index is 0.609. The first kappa shape index (κ1) is 11.8. The van der Waals surface area contributed by atoms with E-state index in [9.17, 15) is 0 Å². The van der Waals surface area contributed by atoms with Crippen molar-refractivity contribution in [3.05, 3.63) is 17.6 Å². The summed E-state index contributed by atoms with van der Waals surface area (Å²) in [7, 11) is 0. The molecule has 2 aromatic rings. The van der Waals surface area contributed by atoms with Crippen LogP contribution in [0.3, 0.4) is 0 Å². The van der Waals surface area contributed by atoms with E-state index < -0.39 is 0 Å². The summed E-state index contributed by atoms with van der Waals surface area (Å²) in [6.07, 6.45) is 7.58. The fourth-order valence-corrected chi connectivity index (χ4v) is 2.80. The number of hydrogen-bond donors (Lipinski definition) is 1. The van der Waals surface area contributed by atoms with Crippen molar-refractivity contribution >= 4 is 11.3 Å². The molecule has 6 heteroatoms. The molecular formula is C12H16N4OS. The molecular weight excluding hydrogens is 248 g/mol. The van der Waals surface area contributed by atoms with E-state index in [1.54, 1.807) is 11.7 Å². The molecule has 3 heterocycles. The van der Waals surface area contributed by atoms with Crippen LogP contribution in [0.1, 0.15) is 31.6 Å². The molecule has 96 valence electrons. The highest BCUT2D eigenvalue weighted by Crippen LogP contribution is 2.20. The summed E-state index contributed by atoms with van der Waals surface area (Å²) in [6.45, 7) is 1.14. The second-order valence-corrected chi connectivity index (χ2v) is 5.45. The highest BCUT2D eigenvalue weighted by Gasteiger charge is 2.15. The number of nitrogens with zero attached hydrogens (tertiary/aromatic N) is 3. The van der Waals surface area contributed by atoms with E-state index in [0.717, 1.165) is 30.2 Å². The van der Waals surface area contributed by atoms with Crippen LogP contribution in [0.25, 0.3) is 10.7 Å². The molecule has 0 saturated carbocycles. The van der Waals surface area contributed by atoms with Gasteiger partial charge >= 0.3 is 0 Å². The lowest BCUT2D eigenvalue weighted by molar-refractivity contribution is 0.343. The molecule has 0 radical (unpaired) electrons. The number of piperidine rings is 1. The van der Waals surface area contributed by atoms with E-state index >= 15 is 0 Å². The summed E-state index contributed by atoms with van der Waals surface area (Å²) in [6, 6.07) is 0.609. The molecule has 5 nitrogen and oxygen atoms in total. The van der Waals surface area contributed by atoms with Crippen molar-refractivity contribution in [2.75, 3.05) is 6.54 Å². The molecule has 0 bridgehead atoms. The van der Waals surface area contributed by atoms with Crippen LogP contribution in [0.5, 0.6) is 0 Å². The van der Waals surface area contributed by atoms with E-state index in [4.69, 9.17) is 4.52 Å². The van der Waals surface area contributed by atoms with Crippen molar-refractivity contribution in [3.8, 4) is 10.7 Å². The Balaban J connectivity index is 1.57. The summed E-state index contributed by atoms with van der Waals surface area (Å²) >= 11 is 1.53. The van der Waals surface area contributed by atoms with Crippen LogP contribution >= 0.6 is 11.3 Å². The zero-order valence-electron chi connectivity index (χ0n) is 10.1. The predicted octanol–water partition coefficient (Wildman–Crippen LogP) is 2.27. The molecule has 2 aromatic heterocycles. The SMILES string of the molecule is c1ncc(-c2noc(CCC3CCCCN3)n2)s1. The Labute approximate surface area is 110 Å². The van der Waals surface area contributed by atoms with E-state index in [2.05, 4.69) is 20.4 Å². The monoisotopic (exact) mass is 264 g/mol. The molecule has 0 spiro atoms. The van der Waals surface area contributed by atoms with Gasteiger partial charge < -0.3 is 9.84 Å². The van der Waals surface area contributed by atoms with Gasteiger partial charge in [-0.05, 0) is 25.8 Å². The van der Waals surface area contributed by atoms with E-state index in [-0.39, 0.29) is 0 Å². The molecule has 1 fully saturated rings. The number of nitrogens with one attached hydrogen (secondary N) is 1. The lowest BCUT2D eigenvalue weighted by atomic mass is 10.0. The molecule has 0 aromatic carbocycles. The number of rotatable bonds is 4. The Kier molecular flexibility index (Phi) is 3.66. The highest BCUT2D eigenvalue weighted by molar-refractivity contribution is 7.13. The average Bonchev–Trinajstić information content (AvgIpc) is 3.08.